The fourth-order valence-electron chi connectivity index (χ4n) is 3.67. The minimum atomic E-state index is -0.849. The number of likely N-dealkylation sites (tertiary alicyclic amines) is 1. The lowest BCUT2D eigenvalue weighted by molar-refractivity contribution is -0.140. The smallest absolute Gasteiger partial charge is 0.295 e. The fraction of sp³-hybridized carbons (Fsp3) is 0.167. The molecule has 0 spiro atoms. The number of furan rings is 1. The van der Waals surface area contributed by atoms with E-state index in [1.165, 1.54) is 17.0 Å². The number of hydrogen-bond donors (Lipinski definition) is 1. The standard InChI is InChI=1S/C24H19BrFNO4/c1-14-2-11-19(31-14)21-20(22(28)16-5-7-17(25)8-6-16)23(29)24(30)27(21)13-12-15-3-9-18(26)10-4-15/h2-11,21,28H,12-13H2,1H3/b22-20-. The van der Waals surface area contributed by atoms with Crippen LogP contribution in [0.5, 0.6) is 0 Å². The number of carbonyl (C=O) groups excluding carboxylic acids is 2. The summed E-state index contributed by atoms with van der Waals surface area (Å²) in [5, 5.41) is 11.0. The van der Waals surface area contributed by atoms with Crippen LogP contribution in [0.25, 0.3) is 5.76 Å². The number of carbonyl (C=O) groups is 2. The molecule has 2 heterocycles. The van der Waals surface area contributed by atoms with Gasteiger partial charge in [0.15, 0.2) is 0 Å². The molecule has 1 N–H and O–H groups in total. The number of halogens is 2. The minimum absolute atomic E-state index is 0.0132. The third-order valence-corrected chi connectivity index (χ3v) is 5.77. The number of aliphatic hydroxyl groups is 1. The van der Waals surface area contributed by atoms with Crippen molar-refractivity contribution in [3.63, 3.8) is 0 Å². The van der Waals surface area contributed by atoms with E-state index in [9.17, 15) is 19.1 Å². The second-order valence-electron chi connectivity index (χ2n) is 7.32. The van der Waals surface area contributed by atoms with Gasteiger partial charge >= 0.3 is 0 Å². The van der Waals surface area contributed by atoms with E-state index in [1.807, 2.05) is 0 Å². The van der Waals surface area contributed by atoms with Gasteiger partial charge in [-0.05, 0) is 55.3 Å². The lowest BCUT2D eigenvalue weighted by Gasteiger charge is -2.23. The summed E-state index contributed by atoms with van der Waals surface area (Å²) in [6.45, 7) is 1.97. The topological polar surface area (TPSA) is 70.8 Å². The Balaban J connectivity index is 1.74. The summed E-state index contributed by atoms with van der Waals surface area (Å²) in [6.07, 6.45) is 0.418. The molecule has 158 valence electrons. The van der Waals surface area contributed by atoms with Gasteiger partial charge in [-0.25, -0.2) is 4.39 Å². The zero-order valence-electron chi connectivity index (χ0n) is 16.6. The molecule has 3 aromatic rings. The molecule has 2 aromatic carbocycles. The normalized spacial score (nSPS) is 18.0. The molecule has 1 saturated heterocycles. The maximum atomic E-state index is 13.2. The van der Waals surface area contributed by atoms with E-state index in [0.717, 1.165) is 10.0 Å². The molecular formula is C24H19BrFNO4. The number of rotatable bonds is 5. The van der Waals surface area contributed by atoms with Crippen molar-refractivity contribution < 1.29 is 23.5 Å². The van der Waals surface area contributed by atoms with E-state index in [2.05, 4.69) is 15.9 Å². The van der Waals surface area contributed by atoms with Crippen molar-refractivity contribution in [1.29, 1.82) is 0 Å². The van der Waals surface area contributed by atoms with Crippen molar-refractivity contribution in [3.8, 4) is 0 Å². The Morgan fingerprint density at radius 2 is 1.74 bits per heavy atom. The second kappa shape index (κ2) is 8.51. The van der Waals surface area contributed by atoms with Crippen molar-refractivity contribution in [1.82, 2.24) is 4.90 Å². The van der Waals surface area contributed by atoms with Crippen LogP contribution in [0.15, 0.2) is 75.1 Å². The zero-order chi connectivity index (χ0) is 22.1. The highest BCUT2D eigenvalue weighted by molar-refractivity contribution is 9.10. The summed E-state index contributed by atoms with van der Waals surface area (Å²) < 4.78 is 19.8. The van der Waals surface area contributed by atoms with Crippen molar-refractivity contribution in [2.75, 3.05) is 6.54 Å². The molecule has 0 bridgehead atoms. The molecule has 1 unspecified atom stereocenters. The van der Waals surface area contributed by atoms with Gasteiger partial charge in [-0.3, -0.25) is 9.59 Å². The van der Waals surface area contributed by atoms with Crippen LogP contribution in [0.4, 0.5) is 4.39 Å². The Morgan fingerprint density at radius 1 is 1.06 bits per heavy atom. The summed E-state index contributed by atoms with van der Waals surface area (Å²) in [5.41, 5.74) is 1.24. The van der Waals surface area contributed by atoms with Gasteiger partial charge in [-0.1, -0.05) is 40.2 Å². The SMILES string of the molecule is Cc1ccc(C2/C(=C(/O)c3ccc(Br)cc3)C(=O)C(=O)N2CCc2ccc(F)cc2)o1. The first kappa shape index (κ1) is 21.1. The Bertz CT molecular complexity index is 1170. The number of ketones is 1. The molecule has 1 aliphatic rings. The van der Waals surface area contributed by atoms with Gasteiger partial charge in [-0.2, -0.15) is 0 Å². The predicted molar refractivity (Wildman–Crippen MR) is 117 cm³/mol. The van der Waals surface area contributed by atoms with E-state index in [-0.39, 0.29) is 23.7 Å². The first-order chi connectivity index (χ1) is 14.8. The Morgan fingerprint density at radius 3 is 2.35 bits per heavy atom. The van der Waals surface area contributed by atoms with Gasteiger partial charge in [-0.15, -0.1) is 0 Å². The van der Waals surface area contributed by atoms with Crippen molar-refractivity contribution in [3.05, 3.63) is 99.2 Å². The number of hydrogen-bond acceptors (Lipinski definition) is 4. The fourth-order valence-corrected chi connectivity index (χ4v) is 3.94. The second-order valence-corrected chi connectivity index (χ2v) is 8.24. The van der Waals surface area contributed by atoms with Crippen LogP contribution >= 0.6 is 15.9 Å². The van der Waals surface area contributed by atoms with Gasteiger partial charge < -0.3 is 14.4 Å². The molecule has 5 nitrogen and oxygen atoms in total. The first-order valence-corrected chi connectivity index (χ1v) is 10.5. The number of amides is 1. The van der Waals surface area contributed by atoms with Crippen molar-refractivity contribution in [2.24, 2.45) is 0 Å². The average Bonchev–Trinajstić information content (AvgIpc) is 3.29. The molecular weight excluding hydrogens is 465 g/mol. The summed E-state index contributed by atoms with van der Waals surface area (Å²) >= 11 is 3.34. The van der Waals surface area contributed by atoms with Gasteiger partial charge in [0.2, 0.25) is 0 Å². The Hall–Kier alpha value is -3.19. The van der Waals surface area contributed by atoms with Gasteiger partial charge in [0, 0.05) is 16.6 Å². The quantitative estimate of drug-likeness (QED) is 0.309. The molecule has 1 fully saturated rings. The van der Waals surface area contributed by atoms with Crippen molar-refractivity contribution >= 4 is 33.4 Å². The largest absolute Gasteiger partial charge is 0.507 e. The maximum Gasteiger partial charge on any atom is 0.295 e. The van der Waals surface area contributed by atoms with Crippen LogP contribution < -0.4 is 0 Å². The summed E-state index contributed by atoms with van der Waals surface area (Å²) in [4.78, 5) is 27.2. The maximum absolute atomic E-state index is 13.2. The molecule has 0 saturated carbocycles. The van der Waals surface area contributed by atoms with Crippen molar-refractivity contribution in [2.45, 2.75) is 19.4 Å². The van der Waals surface area contributed by atoms with E-state index in [1.54, 1.807) is 55.5 Å². The van der Waals surface area contributed by atoms with Crippen LogP contribution in [-0.2, 0) is 16.0 Å². The third kappa shape index (κ3) is 4.18. The highest BCUT2D eigenvalue weighted by atomic mass is 79.9. The zero-order valence-corrected chi connectivity index (χ0v) is 18.2. The molecule has 7 heteroatoms. The molecule has 1 aromatic heterocycles. The van der Waals surface area contributed by atoms with Gasteiger partial charge in [0.25, 0.3) is 11.7 Å². The van der Waals surface area contributed by atoms with Crippen LogP contribution in [-0.4, -0.2) is 28.2 Å². The third-order valence-electron chi connectivity index (χ3n) is 5.24. The number of nitrogens with zero attached hydrogens (tertiary/aromatic N) is 1. The monoisotopic (exact) mass is 483 g/mol. The molecule has 1 aliphatic heterocycles. The first-order valence-electron chi connectivity index (χ1n) is 9.70. The predicted octanol–water partition coefficient (Wildman–Crippen LogP) is 5.15. The molecule has 1 atom stereocenters. The molecule has 1 amide bonds. The highest BCUT2D eigenvalue weighted by Gasteiger charge is 2.47. The van der Waals surface area contributed by atoms with E-state index in [0.29, 0.717) is 23.5 Å². The van der Waals surface area contributed by atoms with Crippen LogP contribution in [0.1, 0.15) is 28.7 Å². The Kier molecular flexibility index (Phi) is 5.78. The van der Waals surface area contributed by atoms with Gasteiger partial charge in [0.1, 0.15) is 29.1 Å². The Labute approximate surface area is 186 Å². The molecule has 31 heavy (non-hydrogen) atoms. The number of aryl methyl sites for hydroxylation is 1. The average molecular weight is 484 g/mol. The number of Topliss-reactive ketones (excluding diaryl/α,β-unsaturated/α-hetero) is 1. The molecule has 0 radical (unpaired) electrons. The van der Waals surface area contributed by atoms with Gasteiger partial charge in [0.05, 0.1) is 5.57 Å². The van der Waals surface area contributed by atoms with E-state index < -0.39 is 17.7 Å². The molecule has 0 aliphatic carbocycles. The lowest BCUT2D eigenvalue weighted by Crippen LogP contribution is -2.31. The highest BCUT2D eigenvalue weighted by Crippen LogP contribution is 2.40. The van der Waals surface area contributed by atoms with Crippen LogP contribution in [0.2, 0.25) is 0 Å². The molecule has 4 rings (SSSR count). The number of aliphatic hydroxyl groups excluding tert-OH is 1. The van der Waals surface area contributed by atoms with E-state index in [4.69, 9.17) is 4.42 Å². The van der Waals surface area contributed by atoms with E-state index >= 15 is 0 Å². The number of benzene rings is 2. The lowest BCUT2D eigenvalue weighted by atomic mass is 9.99. The summed E-state index contributed by atoms with van der Waals surface area (Å²) in [7, 11) is 0. The summed E-state index contributed by atoms with van der Waals surface area (Å²) in [5.74, 6) is -1.05. The minimum Gasteiger partial charge on any atom is -0.507 e. The van der Waals surface area contributed by atoms with Crippen LogP contribution in [0.3, 0.4) is 0 Å². The van der Waals surface area contributed by atoms with Crippen LogP contribution in [0, 0.1) is 12.7 Å². The summed E-state index contributed by atoms with van der Waals surface area (Å²) in [6, 6.07) is 15.4.